The number of carboxylic acids is 1. The molecular formula is C17H12O5. The molecule has 0 radical (unpaired) electrons. The zero-order valence-electron chi connectivity index (χ0n) is 11.5. The summed E-state index contributed by atoms with van der Waals surface area (Å²) < 4.78 is 11.0. The van der Waals surface area contributed by atoms with Gasteiger partial charge >= 0.3 is 5.97 Å². The number of benzene rings is 2. The molecule has 0 spiro atoms. The van der Waals surface area contributed by atoms with Crippen LogP contribution in [0.1, 0.15) is 15.9 Å². The number of aromatic carboxylic acids is 1. The molecule has 0 aliphatic heterocycles. The van der Waals surface area contributed by atoms with Crippen molar-refractivity contribution in [3.05, 3.63) is 76.1 Å². The third kappa shape index (κ3) is 2.56. The largest absolute Gasteiger partial charge is 0.485 e. The van der Waals surface area contributed by atoms with Crippen molar-refractivity contribution in [3.8, 4) is 5.75 Å². The first-order chi connectivity index (χ1) is 10.7. The highest BCUT2D eigenvalue weighted by molar-refractivity contribution is 5.92. The quantitative estimate of drug-likeness (QED) is 0.800. The molecule has 3 rings (SSSR count). The lowest BCUT2D eigenvalue weighted by molar-refractivity contribution is 0.0693. The Hall–Kier alpha value is -3.08. The number of rotatable bonds is 4. The standard InChI is InChI=1S/C17H12O5/c18-15-12-7-4-8-14(16(12)22-10-13(15)17(19)20)21-9-11-5-2-1-3-6-11/h1-8,10H,9H2,(H,19,20). The third-order valence-corrected chi connectivity index (χ3v) is 3.23. The van der Waals surface area contributed by atoms with Crippen molar-refractivity contribution in [1.82, 2.24) is 0 Å². The van der Waals surface area contributed by atoms with Crippen molar-refractivity contribution in [1.29, 1.82) is 0 Å². The fraction of sp³-hybridized carbons (Fsp3) is 0.0588. The molecule has 0 unspecified atom stereocenters. The Morgan fingerprint density at radius 2 is 1.86 bits per heavy atom. The molecule has 0 aliphatic rings. The third-order valence-electron chi connectivity index (χ3n) is 3.23. The second-order valence-corrected chi connectivity index (χ2v) is 4.69. The molecule has 0 saturated heterocycles. The molecule has 0 atom stereocenters. The number of hydrogen-bond donors (Lipinski definition) is 1. The molecule has 1 N–H and O–H groups in total. The number of hydrogen-bond acceptors (Lipinski definition) is 4. The average Bonchev–Trinajstić information content (AvgIpc) is 2.54. The Kier molecular flexibility index (Phi) is 3.62. The molecule has 2 aromatic carbocycles. The highest BCUT2D eigenvalue weighted by Crippen LogP contribution is 2.24. The average molecular weight is 296 g/mol. The summed E-state index contributed by atoms with van der Waals surface area (Å²) in [6, 6.07) is 14.4. The lowest BCUT2D eigenvalue weighted by atomic mass is 10.1. The van der Waals surface area contributed by atoms with Crippen molar-refractivity contribution in [2.45, 2.75) is 6.61 Å². The number of ether oxygens (including phenoxy) is 1. The van der Waals surface area contributed by atoms with Crippen LogP contribution in [-0.4, -0.2) is 11.1 Å². The molecule has 5 nitrogen and oxygen atoms in total. The fourth-order valence-electron chi connectivity index (χ4n) is 2.13. The molecule has 0 aliphatic carbocycles. The maximum absolute atomic E-state index is 12.1. The van der Waals surface area contributed by atoms with Gasteiger partial charge in [-0.15, -0.1) is 0 Å². The van der Waals surface area contributed by atoms with E-state index in [2.05, 4.69) is 0 Å². The normalized spacial score (nSPS) is 10.5. The minimum absolute atomic E-state index is 0.186. The van der Waals surface area contributed by atoms with Gasteiger partial charge in [0.2, 0.25) is 5.43 Å². The van der Waals surface area contributed by atoms with Crippen LogP contribution in [0.5, 0.6) is 5.75 Å². The van der Waals surface area contributed by atoms with E-state index in [1.165, 1.54) is 6.07 Å². The minimum atomic E-state index is -1.31. The van der Waals surface area contributed by atoms with E-state index in [9.17, 15) is 9.59 Å². The number of fused-ring (bicyclic) bond motifs is 1. The van der Waals surface area contributed by atoms with Gasteiger partial charge < -0.3 is 14.3 Å². The van der Waals surface area contributed by atoms with Crippen LogP contribution in [0, 0.1) is 0 Å². The number of carbonyl (C=O) groups is 1. The van der Waals surface area contributed by atoms with E-state index >= 15 is 0 Å². The van der Waals surface area contributed by atoms with Gasteiger partial charge in [-0.05, 0) is 17.7 Å². The Morgan fingerprint density at radius 1 is 1.09 bits per heavy atom. The Labute approximate surface area is 125 Å². The molecule has 1 aromatic heterocycles. The molecule has 110 valence electrons. The van der Waals surface area contributed by atoms with Gasteiger partial charge in [-0.3, -0.25) is 4.79 Å². The monoisotopic (exact) mass is 296 g/mol. The van der Waals surface area contributed by atoms with E-state index in [0.29, 0.717) is 12.4 Å². The molecule has 0 fully saturated rings. The van der Waals surface area contributed by atoms with Gasteiger partial charge in [0.05, 0.1) is 5.39 Å². The second-order valence-electron chi connectivity index (χ2n) is 4.69. The summed E-state index contributed by atoms with van der Waals surface area (Å²) in [6.45, 7) is 0.324. The van der Waals surface area contributed by atoms with Crippen LogP contribution in [0.2, 0.25) is 0 Å². The topological polar surface area (TPSA) is 76.7 Å². The first-order valence-electron chi connectivity index (χ1n) is 6.61. The molecular weight excluding hydrogens is 284 g/mol. The predicted octanol–water partition coefficient (Wildman–Crippen LogP) is 3.07. The summed E-state index contributed by atoms with van der Waals surface area (Å²) >= 11 is 0. The van der Waals surface area contributed by atoms with Gasteiger partial charge in [-0.25, -0.2) is 4.79 Å². The fourth-order valence-corrected chi connectivity index (χ4v) is 2.13. The first-order valence-corrected chi connectivity index (χ1v) is 6.61. The zero-order chi connectivity index (χ0) is 15.5. The molecule has 0 saturated carbocycles. The van der Waals surface area contributed by atoms with Crippen molar-refractivity contribution >= 4 is 16.9 Å². The maximum Gasteiger partial charge on any atom is 0.342 e. The summed E-state index contributed by atoms with van der Waals surface area (Å²) in [4.78, 5) is 23.1. The van der Waals surface area contributed by atoms with E-state index in [0.717, 1.165) is 11.8 Å². The number of para-hydroxylation sites is 1. The Balaban J connectivity index is 1.99. The molecule has 0 amide bonds. The van der Waals surface area contributed by atoms with Gasteiger partial charge in [0.1, 0.15) is 18.4 Å². The zero-order valence-corrected chi connectivity index (χ0v) is 11.5. The highest BCUT2D eigenvalue weighted by atomic mass is 16.5. The summed E-state index contributed by atoms with van der Waals surface area (Å²) in [6.07, 6.45) is 0.947. The second kappa shape index (κ2) is 5.73. The molecule has 0 bridgehead atoms. The van der Waals surface area contributed by atoms with Crippen molar-refractivity contribution in [2.75, 3.05) is 0 Å². The van der Waals surface area contributed by atoms with E-state index in [4.69, 9.17) is 14.3 Å². The summed E-state index contributed by atoms with van der Waals surface area (Å²) in [5.41, 5.74) is 0.240. The Bertz CT molecular complexity index is 880. The van der Waals surface area contributed by atoms with Crippen molar-refractivity contribution in [2.24, 2.45) is 0 Å². The molecule has 22 heavy (non-hydrogen) atoms. The van der Waals surface area contributed by atoms with E-state index in [1.807, 2.05) is 30.3 Å². The highest BCUT2D eigenvalue weighted by Gasteiger charge is 2.15. The molecule has 3 aromatic rings. The number of carboxylic acid groups (broad SMARTS) is 1. The minimum Gasteiger partial charge on any atom is -0.485 e. The molecule has 5 heteroatoms. The van der Waals surface area contributed by atoms with Crippen molar-refractivity contribution < 1.29 is 19.1 Å². The van der Waals surface area contributed by atoms with E-state index < -0.39 is 17.0 Å². The first kappa shape index (κ1) is 13.9. The van der Waals surface area contributed by atoms with Crippen LogP contribution in [0.3, 0.4) is 0 Å². The van der Waals surface area contributed by atoms with Crippen LogP contribution >= 0.6 is 0 Å². The van der Waals surface area contributed by atoms with Crippen LogP contribution in [0.25, 0.3) is 11.0 Å². The van der Waals surface area contributed by atoms with Gasteiger partial charge in [0.25, 0.3) is 0 Å². The summed E-state index contributed by atoms with van der Waals surface area (Å²) in [7, 11) is 0. The smallest absolute Gasteiger partial charge is 0.342 e. The predicted molar refractivity (Wildman–Crippen MR) is 80.2 cm³/mol. The lowest BCUT2D eigenvalue weighted by Gasteiger charge is -2.08. The van der Waals surface area contributed by atoms with Crippen LogP contribution < -0.4 is 10.2 Å². The molecule has 1 heterocycles. The van der Waals surface area contributed by atoms with Gasteiger partial charge in [-0.2, -0.15) is 0 Å². The van der Waals surface area contributed by atoms with Gasteiger partial charge in [-0.1, -0.05) is 36.4 Å². The van der Waals surface area contributed by atoms with E-state index in [-0.39, 0.29) is 11.0 Å². The van der Waals surface area contributed by atoms with Crippen LogP contribution in [0.15, 0.2) is 64.0 Å². The van der Waals surface area contributed by atoms with Crippen LogP contribution in [0.4, 0.5) is 0 Å². The lowest BCUT2D eigenvalue weighted by Crippen LogP contribution is -2.14. The summed E-state index contributed by atoms with van der Waals surface area (Å²) in [5, 5.41) is 9.14. The van der Waals surface area contributed by atoms with Gasteiger partial charge in [0.15, 0.2) is 11.3 Å². The van der Waals surface area contributed by atoms with Crippen molar-refractivity contribution in [3.63, 3.8) is 0 Å². The summed E-state index contributed by atoms with van der Waals surface area (Å²) in [5.74, 6) is -0.915. The van der Waals surface area contributed by atoms with Crippen LogP contribution in [-0.2, 0) is 6.61 Å². The van der Waals surface area contributed by atoms with E-state index in [1.54, 1.807) is 12.1 Å². The maximum atomic E-state index is 12.1. The SMILES string of the molecule is O=C(O)c1coc2c(OCc3ccccc3)cccc2c1=O. The Morgan fingerprint density at radius 3 is 2.59 bits per heavy atom. The van der Waals surface area contributed by atoms with Gasteiger partial charge in [0, 0.05) is 0 Å².